The summed E-state index contributed by atoms with van der Waals surface area (Å²) < 4.78 is 25.4. The van der Waals surface area contributed by atoms with Crippen LogP contribution in [-0.2, 0) is 10.8 Å². The van der Waals surface area contributed by atoms with Gasteiger partial charge in [-0.25, -0.2) is 0 Å². The Morgan fingerprint density at radius 1 is 0.431 bits per heavy atom. The van der Waals surface area contributed by atoms with Gasteiger partial charge < -0.3 is 18.9 Å². The lowest BCUT2D eigenvalue weighted by molar-refractivity contribution is 0.405. The van der Waals surface area contributed by atoms with E-state index >= 15 is 0 Å². The second kappa shape index (κ2) is 11.0. The minimum atomic E-state index is -0.156. The van der Waals surface area contributed by atoms with Crippen molar-refractivity contribution in [2.75, 3.05) is 14.2 Å². The largest absolute Gasteiger partial charge is 0.497 e. The van der Waals surface area contributed by atoms with Crippen molar-refractivity contribution >= 4 is 78.5 Å². The Hall–Kier alpha value is -5.87. The van der Waals surface area contributed by atoms with Gasteiger partial charge in [0.05, 0.1) is 14.2 Å². The number of methoxy groups -OCH3 is 2. The Kier molecular flexibility index (Phi) is 6.48. The van der Waals surface area contributed by atoms with Gasteiger partial charge in [-0.05, 0) is 160 Å². The first-order chi connectivity index (χ1) is 27.7. The third kappa shape index (κ3) is 4.28. The van der Waals surface area contributed by atoms with Gasteiger partial charge in [0, 0.05) is 12.1 Å². The summed E-state index contributed by atoms with van der Waals surface area (Å²) in [6.45, 7) is 18.6. The molecule has 8 aromatic rings. The summed E-state index contributed by atoms with van der Waals surface area (Å²) in [6.07, 6.45) is 0. The molecule has 4 aliphatic heterocycles. The maximum absolute atomic E-state index is 6.86. The maximum Gasteiger partial charge on any atom is 0.252 e. The molecule has 0 atom stereocenters. The first-order valence-electron chi connectivity index (χ1n) is 20.6. The van der Waals surface area contributed by atoms with Gasteiger partial charge in [-0.15, -0.1) is 0 Å². The number of hydrogen-bond donors (Lipinski definition) is 0. The predicted octanol–water partition coefficient (Wildman–Crippen LogP) is 9.02. The molecular weight excluding hydrogens is 710 g/mol. The highest BCUT2D eigenvalue weighted by Crippen LogP contribution is 2.51. The minimum Gasteiger partial charge on any atom is -0.497 e. The third-order valence-corrected chi connectivity index (χ3v) is 13.6. The quantitative estimate of drug-likeness (QED) is 0.131. The molecule has 0 N–H and O–H groups in total. The molecule has 0 bridgehead atoms. The average Bonchev–Trinajstić information content (AvgIpc) is 3.18. The van der Waals surface area contributed by atoms with Crippen LogP contribution in [0.1, 0.15) is 63.8 Å². The molecule has 0 radical (unpaired) electrons. The normalized spacial score (nSPS) is 14.2. The fraction of sp³-hybridized carbons (Fsp3) is 0.231. The highest BCUT2D eigenvalue weighted by Gasteiger charge is 2.45. The fourth-order valence-electron chi connectivity index (χ4n) is 11.2. The molecule has 4 heterocycles. The van der Waals surface area contributed by atoms with E-state index < -0.39 is 0 Å². The molecule has 6 heteroatoms. The molecular formula is C52H44B2O4. The lowest BCUT2D eigenvalue weighted by atomic mass is 9.31. The van der Waals surface area contributed by atoms with Gasteiger partial charge in [0.1, 0.15) is 34.5 Å². The van der Waals surface area contributed by atoms with Crippen LogP contribution in [-0.4, -0.2) is 27.6 Å². The van der Waals surface area contributed by atoms with Crippen molar-refractivity contribution in [3.05, 3.63) is 107 Å². The molecule has 8 aromatic carbocycles. The Balaban J connectivity index is 1.33. The van der Waals surface area contributed by atoms with Crippen LogP contribution in [0, 0.1) is 13.8 Å². The number of fused-ring (bicyclic) bond motifs is 8. The van der Waals surface area contributed by atoms with E-state index in [0.29, 0.717) is 0 Å². The zero-order chi connectivity index (χ0) is 39.9. The highest BCUT2D eigenvalue weighted by atomic mass is 16.5. The topological polar surface area (TPSA) is 36.9 Å². The summed E-state index contributed by atoms with van der Waals surface area (Å²) >= 11 is 0. The Morgan fingerprint density at radius 2 is 0.914 bits per heavy atom. The van der Waals surface area contributed by atoms with Gasteiger partial charge >= 0.3 is 0 Å². The van der Waals surface area contributed by atoms with Crippen molar-refractivity contribution in [3.63, 3.8) is 0 Å². The van der Waals surface area contributed by atoms with Crippen molar-refractivity contribution in [2.45, 2.75) is 66.2 Å². The fourth-order valence-corrected chi connectivity index (χ4v) is 11.2. The monoisotopic (exact) mass is 754 g/mol. The van der Waals surface area contributed by atoms with Crippen LogP contribution in [0.2, 0.25) is 0 Å². The Morgan fingerprint density at radius 3 is 1.47 bits per heavy atom. The third-order valence-electron chi connectivity index (χ3n) is 13.6. The van der Waals surface area contributed by atoms with E-state index in [9.17, 15) is 0 Å². The SMILES string of the molecule is COc1ccc2c(c1)Oc1cc(OC)cc3c1B2c1cc2c(C(C)(C)C)cc4c5c(cc6c(C(C)(C)C)cc-3c1c6c25)B1c2ccc(C)cc2Oc2cc(C)cc-4c21. The predicted molar refractivity (Wildman–Crippen MR) is 243 cm³/mol. The molecule has 12 rings (SSSR count). The molecule has 0 fully saturated rings. The highest BCUT2D eigenvalue weighted by molar-refractivity contribution is 7.01. The summed E-state index contributed by atoms with van der Waals surface area (Å²) in [6, 6.07) is 32.3. The van der Waals surface area contributed by atoms with Gasteiger partial charge in [-0.2, -0.15) is 0 Å². The van der Waals surface area contributed by atoms with Crippen LogP contribution in [0.25, 0.3) is 54.6 Å². The summed E-state index contributed by atoms with van der Waals surface area (Å²) in [5.41, 5.74) is 17.4. The van der Waals surface area contributed by atoms with Crippen LogP contribution in [0.4, 0.5) is 0 Å². The minimum absolute atomic E-state index is 0.0402. The first-order valence-corrected chi connectivity index (χ1v) is 20.6. The summed E-state index contributed by atoms with van der Waals surface area (Å²) in [5.74, 6) is 5.17. The molecule has 282 valence electrons. The van der Waals surface area contributed by atoms with Crippen LogP contribution in [0.5, 0.6) is 34.5 Å². The molecule has 58 heavy (non-hydrogen) atoms. The average molecular weight is 755 g/mol. The molecule has 0 saturated carbocycles. The van der Waals surface area contributed by atoms with Crippen LogP contribution >= 0.6 is 0 Å². The number of aryl methyl sites for hydroxylation is 2. The smallest absolute Gasteiger partial charge is 0.252 e. The molecule has 4 nitrogen and oxygen atoms in total. The number of benzene rings is 8. The molecule has 0 amide bonds. The van der Waals surface area contributed by atoms with Crippen LogP contribution in [0.3, 0.4) is 0 Å². The van der Waals surface area contributed by atoms with E-state index in [1.807, 2.05) is 6.07 Å². The van der Waals surface area contributed by atoms with Gasteiger partial charge in [0.25, 0.3) is 13.4 Å². The van der Waals surface area contributed by atoms with E-state index in [1.165, 1.54) is 104 Å². The number of ether oxygens (including phenoxy) is 4. The van der Waals surface area contributed by atoms with Gasteiger partial charge in [-0.1, -0.05) is 88.9 Å². The maximum atomic E-state index is 6.86. The van der Waals surface area contributed by atoms with E-state index in [0.717, 1.165) is 40.0 Å². The van der Waals surface area contributed by atoms with E-state index in [4.69, 9.17) is 18.9 Å². The van der Waals surface area contributed by atoms with Crippen LogP contribution < -0.4 is 51.7 Å². The number of hydrogen-bond acceptors (Lipinski definition) is 4. The molecule has 0 aliphatic carbocycles. The molecule has 0 spiro atoms. The van der Waals surface area contributed by atoms with Crippen molar-refractivity contribution in [1.29, 1.82) is 0 Å². The number of rotatable bonds is 2. The Labute approximate surface area is 340 Å². The van der Waals surface area contributed by atoms with Crippen molar-refractivity contribution in [2.24, 2.45) is 0 Å². The zero-order valence-electron chi connectivity index (χ0n) is 34.9. The Bertz CT molecular complexity index is 3200. The second-order valence-electron chi connectivity index (χ2n) is 19.3. The second-order valence-corrected chi connectivity index (χ2v) is 19.3. The van der Waals surface area contributed by atoms with Crippen LogP contribution in [0.15, 0.2) is 84.9 Å². The zero-order valence-corrected chi connectivity index (χ0v) is 34.9. The van der Waals surface area contributed by atoms with E-state index in [1.54, 1.807) is 14.2 Å². The first kappa shape index (κ1) is 34.2. The molecule has 0 aromatic heterocycles. The van der Waals surface area contributed by atoms with E-state index in [-0.39, 0.29) is 24.3 Å². The lowest BCUT2D eigenvalue weighted by Gasteiger charge is -2.39. The van der Waals surface area contributed by atoms with Crippen molar-refractivity contribution in [1.82, 2.24) is 0 Å². The van der Waals surface area contributed by atoms with Gasteiger partial charge in [0.2, 0.25) is 0 Å². The summed E-state index contributed by atoms with van der Waals surface area (Å²) in [7, 11) is 3.47. The molecule has 4 aliphatic rings. The van der Waals surface area contributed by atoms with Crippen molar-refractivity contribution in [3.8, 4) is 56.8 Å². The van der Waals surface area contributed by atoms with Gasteiger partial charge in [0.15, 0.2) is 0 Å². The standard InChI is InChI=1S/C52H44B2O4/c1-25-11-13-37-41(16-25)57-43-17-26(2)15-31-29-21-35(51(3,4)5)33-24-40-46-30(22-36(52(6,7)8)34-23-39(53(37)49(31)43)45(29)47(33)48(34)46)32-18-28(56-10)20-44-50(32)54(40)38-14-12-27(55-9)19-42(38)58-44/h11-24H,1-10H3. The van der Waals surface area contributed by atoms with Crippen molar-refractivity contribution < 1.29 is 18.9 Å². The molecule has 0 saturated heterocycles. The van der Waals surface area contributed by atoms with Gasteiger partial charge in [-0.3, -0.25) is 0 Å². The molecule has 0 unspecified atom stereocenters. The van der Waals surface area contributed by atoms with E-state index in [2.05, 4.69) is 134 Å². The summed E-state index contributed by atoms with van der Waals surface area (Å²) in [4.78, 5) is 0. The lowest BCUT2D eigenvalue weighted by Crippen LogP contribution is -2.58. The summed E-state index contributed by atoms with van der Waals surface area (Å²) in [5, 5.41) is 8.12.